The molecular weight excluding hydrogens is 645 g/mol. The second kappa shape index (κ2) is 22.2. The molecule has 0 amide bonds. The number of benzene rings is 1. The zero-order valence-electron chi connectivity index (χ0n) is 35.6. The van der Waals surface area contributed by atoms with Crippen molar-refractivity contribution in [3.8, 4) is 0 Å². The second-order valence-electron chi connectivity index (χ2n) is 17.5. The smallest absolute Gasteiger partial charge is 0.190 e. The highest BCUT2D eigenvalue weighted by Crippen LogP contribution is 2.43. The molecule has 0 heterocycles. The Balaban J connectivity index is 1.26. The molecule has 53 heavy (non-hydrogen) atoms. The summed E-state index contributed by atoms with van der Waals surface area (Å²) in [5.74, 6) is 1.43. The van der Waals surface area contributed by atoms with E-state index in [0.29, 0.717) is 40.0 Å². The highest BCUT2D eigenvalue weighted by atomic mass is 16.1. The Bertz CT molecular complexity index is 1610. The standard InChI is InChI=1S/C51H74O2/c1-37(19-13-20-38(2)22-15-24-40(4)26-17-28-42(6)33-35-48-43(7)29-18-36-51(48,9)10)21-14-23-39(3)25-16-27-41(5)32-34-45-44(8)49(52)46-30-11-12-31-47(46)50(45)53/h11-12,20-21,24,28-32,39,48H,13-19,22-23,25-27,33-36H2,1-10H3/b37-21+,38-20+,40-24+,41-32+,42-28+. The number of rotatable bonds is 21. The molecule has 0 fully saturated rings. The second-order valence-corrected chi connectivity index (χ2v) is 17.5. The van der Waals surface area contributed by atoms with Gasteiger partial charge in [0.05, 0.1) is 0 Å². The van der Waals surface area contributed by atoms with E-state index in [1.54, 1.807) is 30.2 Å². The van der Waals surface area contributed by atoms with Crippen LogP contribution in [0.2, 0.25) is 0 Å². The monoisotopic (exact) mass is 719 g/mol. The van der Waals surface area contributed by atoms with Gasteiger partial charge >= 0.3 is 0 Å². The van der Waals surface area contributed by atoms with Gasteiger partial charge in [0.1, 0.15) is 0 Å². The van der Waals surface area contributed by atoms with E-state index < -0.39 is 0 Å². The molecule has 0 aromatic heterocycles. The minimum Gasteiger partial charge on any atom is -0.289 e. The summed E-state index contributed by atoms with van der Waals surface area (Å²) in [6, 6.07) is 7.19. The van der Waals surface area contributed by atoms with Gasteiger partial charge in [0.25, 0.3) is 0 Å². The molecule has 0 aliphatic heterocycles. The van der Waals surface area contributed by atoms with Crippen molar-refractivity contribution >= 4 is 11.6 Å². The van der Waals surface area contributed by atoms with Crippen LogP contribution >= 0.6 is 0 Å². The molecule has 1 aromatic carbocycles. The number of carbonyl (C=O) groups excluding carboxylic acids is 2. The molecule has 2 nitrogen and oxygen atoms in total. The number of allylic oxidation sites excluding steroid dienone is 14. The third-order valence-corrected chi connectivity index (χ3v) is 12.2. The van der Waals surface area contributed by atoms with E-state index in [2.05, 4.69) is 98.8 Å². The van der Waals surface area contributed by atoms with Crippen LogP contribution in [0.4, 0.5) is 0 Å². The summed E-state index contributed by atoms with van der Waals surface area (Å²) in [7, 11) is 0. The molecule has 2 heteroatoms. The van der Waals surface area contributed by atoms with Gasteiger partial charge in [-0.25, -0.2) is 0 Å². The van der Waals surface area contributed by atoms with Gasteiger partial charge in [-0.05, 0) is 162 Å². The molecular formula is C51H74O2. The number of hydrogen-bond acceptors (Lipinski definition) is 2. The van der Waals surface area contributed by atoms with Gasteiger partial charge in [-0.2, -0.15) is 0 Å². The van der Waals surface area contributed by atoms with Gasteiger partial charge in [-0.15, -0.1) is 0 Å². The Morgan fingerprint density at radius 1 is 0.698 bits per heavy atom. The summed E-state index contributed by atoms with van der Waals surface area (Å²) >= 11 is 0. The normalized spacial score (nSPS) is 19.5. The SMILES string of the molecule is CC1=CCCC(C)(C)C1CC/C(C)=C/CC/C(C)=C/CC/C(C)=C/CC/C(C)=C/CCC(C)CCC/C(C)=C/CC1=C(C)C(=O)c2ccccc2C1=O. The number of hydrogen-bond donors (Lipinski definition) is 0. The average Bonchev–Trinajstić information content (AvgIpc) is 3.10. The molecule has 0 N–H and O–H groups in total. The molecule has 0 bridgehead atoms. The number of Topliss-reactive ketones (excluding diaryl/α,β-unsaturated/α-hetero) is 2. The molecule has 290 valence electrons. The summed E-state index contributed by atoms with van der Waals surface area (Å²) in [6.07, 6.45) is 32.9. The minimum absolute atomic E-state index is 0.00458. The first-order chi connectivity index (χ1) is 25.2. The maximum Gasteiger partial charge on any atom is 0.190 e. The Morgan fingerprint density at radius 3 is 1.77 bits per heavy atom. The van der Waals surface area contributed by atoms with Crippen LogP contribution in [0.1, 0.15) is 193 Å². The van der Waals surface area contributed by atoms with Crippen molar-refractivity contribution in [2.45, 2.75) is 172 Å². The minimum atomic E-state index is -0.0124. The van der Waals surface area contributed by atoms with E-state index in [1.807, 2.05) is 12.1 Å². The van der Waals surface area contributed by atoms with Gasteiger partial charge < -0.3 is 0 Å². The van der Waals surface area contributed by atoms with Crippen LogP contribution in [0.25, 0.3) is 0 Å². The lowest BCUT2D eigenvalue weighted by Crippen LogP contribution is -2.27. The van der Waals surface area contributed by atoms with Crippen LogP contribution in [-0.4, -0.2) is 11.6 Å². The van der Waals surface area contributed by atoms with Crippen molar-refractivity contribution in [3.05, 3.63) is 116 Å². The fourth-order valence-corrected chi connectivity index (χ4v) is 8.31. The van der Waals surface area contributed by atoms with E-state index in [1.165, 1.54) is 67.2 Å². The number of fused-ring (bicyclic) bond motifs is 1. The van der Waals surface area contributed by atoms with Gasteiger partial charge in [-0.1, -0.05) is 121 Å². The van der Waals surface area contributed by atoms with Crippen LogP contribution in [0.3, 0.4) is 0 Å². The Morgan fingerprint density at radius 2 is 1.21 bits per heavy atom. The summed E-state index contributed by atoms with van der Waals surface area (Å²) in [5, 5.41) is 0. The Kier molecular flexibility index (Phi) is 18.5. The summed E-state index contributed by atoms with van der Waals surface area (Å²) in [6.45, 7) is 22.8. The lowest BCUT2D eigenvalue weighted by Gasteiger charge is -2.38. The maximum atomic E-state index is 13.0. The molecule has 2 atom stereocenters. The van der Waals surface area contributed by atoms with E-state index in [9.17, 15) is 9.59 Å². The molecule has 2 aliphatic rings. The van der Waals surface area contributed by atoms with Crippen molar-refractivity contribution in [1.29, 1.82) is 0 Å². The number of ketones is 2. The molecule has 0 radical (unpaired) electrons. The summed E-state index contributed by atoms with van der Waals surface area (Å²) < 4.78 is 0. The van der Waals surface area contributed by atoms with Gasteiger partial charge in [0.2, 0.25) is 0 Å². The van der Waals surface area contributed by atoms with Crippen molar-refractivity contribution in [2.75, 3.05) is 0 Å². The van der Waals surface area contributed by atoms with Crippen molar-refractivity contribution in [2.24, 2.45) is 17.3 Å². The molecule has 2 unspecified atom stereocenters. The van der Waals surface area contributed by atoms with E-state index in [4.69, 9.17) is 0 Å². The van der Waals surface area contributed by atoms with Crippen LogP contribution < -0.4 is 0 Å². The van der Waals surface area contributed by atoms with E-state index in [0.717, 1.165) is 57.3 Å². The third-order valence-electron chi connectivity index (χ3n) is 12.2. The highest BCUT2D eigenvalue weighted by molar-refractivity contribution is 6.26. The maximum absolute atomic E-state index is 13.0. The molecule has 2 aliphatic carbocycles. The molecule has 3 rings (SSSR count). The fraction of sp³-hybridized carbons (Fsp3) is 0.569. The number of carbonyl (C=O) groups is 2. The van der Waals surface area contributed by atoms with E-state index >= 15 is 0 Å². The first kappa shape index (κ1) is 44.1. The van der Waals surface area contributed by atoms with Crippen molar-refractivity contribution in [3.63, 3.8) is 0 Å². The first-order valence-corrected chi connectivity index (χ1v) is 21.0. The van der Waals surface area contributed by atoms with Crippen LogP contribution in [0, 0.1) is 17.3 Å². The predicted octanol–water partition coefficient (Wildman–Crippen LogP) is 15.6. The largest absolute Gasteiger partial charge is 0.289 e. The van der Waals surface area contributed by atoms with E-state index in [-0.39, 0.29) is 11.6 Å². The molecule has 0 saturated heterocycles. The topological polar surface area (TPSA) is 34.1 Å². The lowest BCUT2D eigenvalue weighted by molar-refractivity contribution is 0.0973. The predicted molar refractivity (Wildman–Crippen MR) is 231 cm³/mol. The van der Waals surface area contributed by atoms with Crippen LogP contribution in [0.5, 0.6) is 0 Å². The van der Waals surface area contributed by atoms with Gasteiger partial charge in [0, 0.05) is 22.3 Å². The Hall–Kier alpha value is -3.26. The first-order valence-electron chi connectivity index (χ1n) is 21.0. The average molecular weight is 719 g/mol. The van der Waals surface area contributed by atoms with Crippen molar-refractivity contribution < 1.29 is 9.59 Å². The van der Waals surface area contributed by atoms with Crippen LogP contribution in [0.15, 0.2) is 105 Å². The quantitative estimate of drug-likeness (QED) is 0.119. The third kappa shape index (κ3) is 14.8. The summed E-state index contributed by atoms with van der Waals surface area (Å²) in [4.78, 5) is 25.8. The Labute approximate surface area is 325 Å². The fourth-order valence-electron chi connectivity index (χ4n) is 8.31. The molecule has 1 aromatic rings. The molecule has 0 saturated carbocycles. The zero-order valence-corrected chi connectivity index (χ0v) is 35.6. The van der Waals surface area contributed by atoms with Gasteiger partial charge in [-0.3, -0.25) is 9.59 Å². The highest BCUT2D eigenvalue weighted by Gasteiger charge is 2.32. The van der Waals surface area contributed by atoms with Crippen LogP contribution in [-0.2, 0) is 0 Å². The zero-order chi connectivity index (χ0) is 39.0. The van der Waals surface area contributed by atoms with Crippen molar-refractivity contribution in [1.82, 2.24) is 0 Å². The van der Waals surface area contributed by atoms with Gasteiger partial charge in [0.15, 0.2) is 11.6 Å². The summed E-state index contributed by atoms with van der Waals surface area (Å²) in [5.41, 5.74) is 11.8. The molecule has 0 spiro atoms. The lowest BCUT2D eigenvalue weighted by atomic mass is 9.67.